The van der Waals surface area contributed by atoms with Crippen molar-refractivity contribution in [3.05, 3.63) is 83.7 Å². The third-order valence-electron chi connectivity index (χ3n) is 4.10. The smallest absolute Gasteiger partial charge is 0.123 e. The first-order chi connectivity index (χ1) is 11.2. The minimum absolute atomic E-state index is 0.239. The zero-order valence-corrected chi connectivity index (χ0v) is 13.0. The Morgan fingerprint density at radius 1 is 0.913 bits per heavy atom. The maximum atomic E-state index is 12.9. The minimum atomic E-state index is -0.261. The zero-order valence-electron chi connectivity index (χ0n) is 13.0. The van der Waals surface area contributed by atoms with Crippen molar-refractivity contribution in [3.8, 4) is 0 Å². The number of nitrogens with one attached hydrogen (secondary N) is 1. The molecule has 0 aliphatic heterocycles. The van der Waals surface area contributed by atoms with E-state index in [4.69, 9.17) is 5.73 Å². The van der Waals surface area contributed by atoms with Crippen LogP contribution in [0.25, 0.3) is 10.8 Å². The molecule has 0 fully saturated rings. The monoisotopic (exact) mass is 308 g/mol. The average molecular weight is 308 g/mol. The summed E-state index contributed by atoms with van der Waals surface area (Å²) in [5.74, 6) is -0.239. The van der Waals surface area contributed by atoms with Crippen molar-refractivity contribution in [3.63, 3.8) is 0 Å². The van der Waals surface area contributed by atoms with E-state index in [2.05, 4.69) is 47.8 Å². The van der Waals surface area contributed by atoms with Gasteiger partial charge in [-0.2, -0.15) is 0 Å². The Morgan fingerprint density at radius 2 is 1.65 bits per heavy atom. The highest BCUT2D eigenvalue weighted by Gasteiger charge is 2.05. The summed E-state index contributed by atoms with van der Waals surface area (Å²) >= 11 is 0. The fourth-order valence-corrected chi connectivity index (χ4v) is 2.83. The van der Waals surface area contributed by atoms with E-state index < -0.39 is 0 Å². The van der Waals surface area contributed by atoms with Crippen LogP contribution < -0.4 is 11.1 Å². The lowest BCUT2D eigenvalue weighted by Gasteiger charge is -2.14. The number of hydrogen-bond donors (Lipinski definition) is 2. The molecule has 3 heteroatoms. The first-order valence-electron chi connectivity index (χ1n) is 7.95. The average Bonchev–Trinajstić information content (AvgIpc) is 2.59. The van der Waals surface area contributed by atoms with Crippen molar-refractivity contribution in [1.82, 2.24) is 5.32 Å². The molecule has 1 atom stereocenters. The van der Waals surface area contributed by atoms with Crippen molar-refractivity contribution in [2.24, 2.45) is 5.73 Å². The fraction of sp³-hybridized carbons (Fsp3) is 0.200. The summed E-state index contributed by atoms with van der Waals surface area (Å²) in [4.78, 5) is 0. The number of hydrogen-bond acceptors (Lipinski definition) is 2. The summed E-state index contributed by atoms with van der Waals surface area (Å²) in [6.45, 7) is 0.821. The van der Waals surface area contributed by atoms with E-state index in [1.165, 1.54) is 28.5 Å². The van der Waals surface area contributed by atoms with E-state index in [0.29, 0.717) is 0 Å². The third-order valence-corrected chi connectivity index (χ3v) is 4.10. The van der Waals surface area contributed by atoms with Crippen molar-refractivity contribution in [2.75, 3.05) is 6.54 Å². The molecule has 0 radical (unpaired) electrons. The van der Waals surface area contributed by atoms with Crippen LogP contribution in [0.15, 0.2) is 66.7 Å². The number of halogens is 1. The van der Waals surface area contributed by atoms with Crippen molar-refractivity contribution in [2.45, 2.75) is 19.0 Å². The molecule has 118 valence electrons. The summed E-state index contributed by atoms with van der Waals surface area (Å²) < 4.78 is 12.9. The molecule has 0 amide bonds. The molecule has 0 spiro atoms. The van der Waals surface area contributed by atoms with Gasteiger partial charge >= 0.3 is 0 Å². The van der Waals surface area contributed by atoms with Gasteiger partial charge in [0.25, 0.3) is 0 Å². The Bertz CT molecular complexity index is 763. The Hall–Kier alpha value is -2.23. The van der Waals surface area contributed by atoms with Crippen LogP contribution in [0.5, 0.6) is 0 Å². The molecule has 3 N–H and O–H groups in total. The second kappa shape index (κ2) is 7.36. The lowest BCUT2D eigenvalue weighted by molar-refractivity contribution is 0.537. The predicted molar refractivity (Wildman–Crippen MR) is 93.6 cm³/mol. The van der Waals surface area contributed by atoms with Crippen LogP contribution in [0.2, 0.25) is 0 Å². The molecular weight excluding hydrogens is 287 g/mol. The summed E-state index contributed by atoms with van der Waals surface area (Å²) in [6.07, 6.45) is 1.75. The van der Waals surface area contributed by atoms with E-state index in [0.717, 1.165) is 24.9 Å². The van der Waals surface area contributed by atoms with Crippen LogP contribution in [0.3, 0.4) is 0 Å². The van der Waals surface area contributed by atoms with Crippen LogP contribution >= 0.6 is 0 Å². The standard InChI is InChI=1S/C20H21FN2/c21-18-12-10-17(11-13-18)20(22)23-14-4-8-16-7-3-6-15-5-1-2-9-19(15)16/h1-3,5-7,9-13,20,23H,4,8,14,22H2. The lowest BCUT2D eigenvalue weighted by Crippen LogP contribution is -2.29. The summed E-state index contributed by atoms with van der Waals surface area (Å²) in [5.41, 5.74) is 8.34. The highest BCUT2D eigenvalue weighted by molar-refractivity contribution is 5.85. The Kier molecular flexibility index (Phi) is 5.01. The van der Waals surface area contributed by atoms with E-state index in [1.54, 1.807) is 12.1 Å². The number of aryl methyl sites for hydroxylation is 1. The maximum absolute atomic E-state index is 12.9. The second-order valence-electron chi connectivity index (χ2n) is 5.73. The van der Waals surface area contributed by atoms with Crippen LogP contribution in [-0.4, -0.2) is 6.54 Å². The third kappa shape index (κ3) is 3.95. The lowest BCUT2D eigenvalue weighted by atomic mass is 10.0. The van der Waals surface area contributed by atoms with E-state index in [-0.39, 0.29) is 12.0 Å². The van der Waals surface area contributed by atoms with Gasteiger partial charge in [-0.05, 0) is 53.4 Å². The SMILES string of the molecule is NC(NCCCc1cccc2ccccc12)c1ccc(F)cc1. The number of rotatable bonds is 6. The van der Waals surface area contributed by atoms with Crippen molar-refractivity contribution >= 4 is 10.8 Å². The Morgan fingerprint density at radius 3 is 2.48 bits per heavy atom. The highest BCUT2D eigenvalue weighted by Crippen LogP contribution is 2.19. The molecule has 0 aromatic heterocycles. The number of nitrogens with two attached hydrogens (primary N) is 1. The predicted octanol–water partition coefficient (Wildman–Crippen LogP) is 4.16. The van der Waals surface area contributed by atoms with Gasteiger partial charge in [0.1, 0.15) is 5.82 Å². The van der Waals surface area contributed by atoms with Gasteiger partial charge < -0.3 is 5.73 Å². The topological polar surface area (TPSA) is 38.0 Å². The normalized spacial score (nSPS) is 12.4. The quantitative estimate of drug-likeness (QED) is 0.530. The van der Waals surface area contributed by atoms with E-state index >= 15 is 0 Å². The maximum Gasteiger partial charge on any atom is 0.123 e. The number of fused-ring (bicyclic) bond motifs is 1. The molecular formula is C20H21FN2. The first-order valence-corrected chi connectivity index (χ1v) is 7.95. The van der Waals surface area contributed by atoms with Crippen molar-refractivity contribution in [1.29, 1.82) is 0 Å². The molecule has 0 aliphatic rings. The van der Waals surface area contributed by atoms with Crippen LogP contribution in [0.4, 0.5) is 4.39 Å². The molecule has 0 saturated heterocycles. The van der Waals surface area contributed by atoms with Crippen LogP contribution in [-0.2, 0) is 6.42 Å². The molecule has 1 unspecified atom stereocenters. The van der Waals surface area contributed by atoms with Gasteiger partial charge in [-0.25, -0.2) is 4.39 Å². The molecule has 0 aliphatic carbocycles. The Balaban J connectivity index is 1.54. The molecule has 0 saturated carbocycles. The van der Waals surface area contributed by atoms with Gasteiger partial charge in [-0.3, -0.25) is 5.32 Å². The van der Waals surface area contributed by atoms with Crippen LogP contribution in [0, 0.1) is 5.82 Å². The fourth-order valence-electron chi connectivity index (χ4n) is 2.83. The van der Waals surface area contributed by atoms with E-state index in [1.807, 2.05) is 0 Å². The number of benzene rings is 3. The molecule has 3 aromatic carbocycles. The minimum Gasteiger partial charge on any atom is -0.312 e. The molecule has 3 aromatic rings. The molecule has 2 nitrogen and oxygen atoms in total. The largest absolute Gasteiger partial charge is 0.312 e. The summed E-state index contributed by atoms with van der Waals surface area (Å²) in [5, 5.41) is 5.89. The van der Waals surface area contributed by atoms with Crippen molar-refractivity contribution < 1.29 is 4.39 Å². The molecule has 0 heterocycles. The highest BCUT2D eigenvalue weighted by atomic mass is 19.1. The van der Waals surface area contributed by atoms with Gasteiger partial charge in [0.2, 0.25) is 0 Å². The molecule has 0 bridgehead atoms. The van der Waals surface area contributed by atoms with Gasteiger partial charge in [-0.1, -0.05) is 54.6 Å². The first kappa shape index (κ1) is 15.7. The van der Waals surface area contributed by atoms with Gasteiger partial charge in [0.15, 0.2) is 0 Å². The Labute approximate surface area is 136 Å². The summed E-state index contributed by atoms with van der Waals surface area (Å²) in [6, 6.07) is 21.2. The van der Waals surface area contributed by atoms with Gasteiger partial charge in [0, 0.05) is 0 Å². The van der Waals surface area contributed by atoms with E-state index in [9.17, 15) is 4.39 Å². The molecule has 23 heavy (non-hydrogen) atoms. The second-order valence-corrected chi connectivity index (χ2v) is 5.73. The van der Waals surface area contributed by atoms with Gasteiger partial charge in [0.05, 0.1) is 6.17 Å². The zero-order chi connectivity index (χ0) is 16.1. The summed E-state index contributed by atoms with van der Waals surface area (Å²) in [7, 11) is 0. The molecule has 3 rings (SSSR count). The van der Waals surface area contributed by atoms with Crippen LogP contribution in [0.1, 0.15) is 23.7 Å². The van der Waals surface area contributed by atoms with Gasteiger partial charge in [-0.15, -0.1) is 0 Å².